The average Bonchev–Trinajstić information content (AvgIpc) is 2.50. The third-order valence-corrected chi connectivity index (χ3v) is 2.18. The summed E-state index contributed by atoms with van der Waals surface area (Å²) >= 11 is 0. The lowest BCUT2D eigenvalue weighted by molar-refractivity contribution is 0.247. The smallest absolute Gasteiger partial charge is 0.404 e. The highest BCUT2D eigenvalue weighted by molar-refractivity contribution is 7.46. The van der Waals surface area contributed by atoms with E-state index in [-0.39, 0.29) is 5.76 Å². The average molecular weight is 198 g/mol. The monoisotopic (exact) mass is 198 g/mol. The summed E-state index contributed by atoms with van der Waals surface area (Å²) in [4.78, 5) is 17.2. The van der Waals surface area contributed by atoms with Crippen molar-refractivity contribution in [3.8, 4) is 0 Å². The number of fused-ring (bicyclic) bond motifs is 1. The normalized spacial score (nSPS) is 19.4. The van der Waals surface area contributed by atoms with Crippen LogP contribution in [0.25, 0.3) is 0 Å². The van der Waals surface area contributed by atoms with Gasteiger partial charge in [0.1, 0.15) is 5.76 Å². The largest absolute Gasteiger partial charge is 0.524 e. The number of rotatable bonds is 2. The first-order chi connectivity index (χ1) is 6.06. The fraction of sp³-hybridized carbons (Fsp3) is 0. The fourth-order valence-corrected chi connectivity index (χ4v) is 1.68. The first kappa shape index (κ1) is 8.51. The molecule has 0 unspecified atom stereocenters. The standard InChI is InChI=1S/C8H7O4P/c9-13(10,11)12-8-5-4-6-2-1-3-7(6)8/h1-5H,(H2,9,10,11). The second-order valence-electron chi connectivity index (χ2n) is 2.67. The van der Waals surface area contributed by atoms with Crippen LogP contribution < -0.4 is 0 Å². The first-order valence-electron chi connectivity index (χ1n) is 3.62. The summed E-state index contributed by atoms with van der Waals surface area (Å²) in [5.41, 5.74) is 1.65. The van der Waals surface area contributed by atoms with Gasteiger partial charge in [-0.1, -0.05) is 24.3 Å². The molecule has 2 aliphatic carbocycles. The van der Waals surface area contributed by atoms with Crippen LogP contribution in [0.5, 0.6) is 0 Å². The lowest BCUT2D eigenvalue weighted by atomic mass is 10.2. The lowest BCUT2D eigenvalue weighted by Crippen LogP contribution is -1.90. The summed E-state index contributed by atoms with van der Waals surface area (Å²) < 4.78 is 15.0. The van der Waals surface area contributed by atoms with E-state index in [1.165, 1.54) is 0 Å². The Morgan fingerprint density at radius 2 is 2.00 bits per heavy atom. The van der Waals surface area contributed by atoms with Gasteiger partial charge in [-0.05, 0) is 11.6 Å². The van der Waals surface area contributed by atoms with Gasteiger partial charge in [0, 0.05) is 5.57 Å². The molecule has 0 heterocycles. The lowest BCUT2D eigenvalue weighted by Gasteiger charge is -2.08. The van der Waals surface area contributed by atoms with Crippen LogP contribution in [-0.2, 0) is 9.09 Å². The fourth-order valence-electron chi connectivity index (χ4n) is 1.27. The maximum absolute atomic E-state index is 10.5. The van der Waals surface area contributed by atoms with Gasteiger partial charge in [0.25, 0.3) is 0 Å². The maximum atomic E-state index is 10.5. The Morgan fingerprint density at radius 1 is 1.23 bits per heavy atom. The van der Waals surface area contributed by atoms with E-state index in [2.05, 4.69) is 4.52 Å². The molecule has 2 aliphatic rings. The van der Waals surface area contributed by atoms with E-state index in [0.717, 1.165) is 11.1 Å². The van der Waals surface area contributed by atoms with Crippen LogP contribution >= 0.6 is 7.82 Å². The van der Waals surface area contributed by atoms with Crippen LogP contribution in [0.15, 0.2) is 47.3 Å². The van der Waals surface area contributed by atoms with Crippen molar-refractivity contribution >= 4 is 7.82 Å². The van der Waals surface area contributed by atoms with Crippen LogP contribution in [0.2, 0.25) is 0 Å². The van der Waals surface area contributed by atoms with E-state index >= 15 is 0 Å². The molecule has 0 aromatic rings. The molecule has 0 spiro atoms. The molecule has 0 bridgehead atoms. The van der Waals surface area contributed by atoms with E-state index in [0.29, 0.717) is 0 Å². The first-order valence-corrected chi connectivity index (χ1v) is 5.15. The highest BCUT2D eigenvalue weighted by atomic mass is 31.2. The molecule has 0 aromatic carbocycles. The van der Waals surface area contributed by atoms with E-state index in [1.54, 1.807) is 24.3 Å². The van der Waals surface area contributed by atoms with Crippen molar-refractivity contribution in [1.29, 1.82) is 0 Å². The summed E-state index contributed by atoms with van der Waals surface area (Å²) in [6, 6.07) is 0. The van der Waals surface area contributed by atoms with E-state index < -0.39 is 7.82 Å². The van der Waals surface area contributed by atoms with Gasteiger partial charge in [0.2, 0.25) is 0 Å². The third-order valence-electron chi connectivity index (χ3n) is 1.75. The van der Waals surface area contributed by atoms with Crippen molar-refractivity contribution in [1.82, 2.24) is 0 Å². The van der Waals surface area contributed by atoms with E-state index in [1.807, 2.05) is 6.08 Å². The molecule has 0 saturated heterocycles. The Balaban J connectivity index is 2.19. The van der Waals surface area contributed by atoms with Crippen LogP contribution in [0.3, 0.4) is 0 Å². The van der Waals surface area contributed by atoms with Crippen molar-refractivity contribution in [3.63, 3.8) is 0 Å². The van der Waals surface area contributed by atoms with Gasteiger partial charge in [0.05, 0.1) is 0 Å². The summed E-state index contributed by atoms with van der Waals surface area (Å²) in [7, 11) is -4.43. The number of phosphoric acid groups is 1. The molecular formula is C8H7O4P. The van der Waals surface area contributed by atoms with Gasteiger partial charge in [-0.2, -0.15) is 0 Å². The van der Waals surface area contributed by atoms with E-state index in [9.17, 15) is 4.57 Å². The number of allylic oxidation sites excluding steroid dienone is 6. The Kier molecular flexibility index (Phi) is 1.77. The molecule has 5 heteroatoms. The maximum Gasteiger partial charge on any atom is 0.524 e. The van der Waals surface area contributed by atoms with Crippen LogP contribution in [0, 0.1) is 0 Å². The zero-order chi connectivity index (χ0) is 9.47. The molecule has 0 fully saturated rings. The Labute approximate surface area is 74.8 Å². The SMILES string of the molecule is O=P(O)(O)OC1=CC=C2C=CC=C21. The second kappa shape index (κ2) is 2.70. The summed E-state index contributed by atoms with van der Waals surface area (Å²) in [6.07, 6.45) is 8.70. The van der Waals surface area contributed by atoms with Crippen molar-refractivity contribution in [3.05, 3.63) is 47.3 Å². The summed E-state index contributed by atoms with van der Waals surface area (Å²) in [5, 5.41) is 0. The number of phosphoric ester groups is 1. The molecule has 13 heavy (non-hydrogen) atoms. The highest BCUT2D eigenvalue weighted by Crippen LogP contribution is 2.44. The van der Waals surface area contributed by atoms with Crippen molar-refractivity contribution in [2.45, 2.75) is 0 Å². The van der Waals surface area contributed by atoms with Crippen molar-refractivity contribution in [2.75, 3.05) is 0 Å². The molecule has 68 valence electrons. The molecule has 2 N–H and O–H groups in total. The topological polar surface area (TPSA) is 66.8 Å². The zero-order valence-corrected chi connectivity index (χ0v) is 7.44. The molecule has 0 radical (unpaired) electrons. The molecular weight excluding hydrogens is 191 g/mol. The molecule has 0 aliphatic heterocycles. The van der Waals surface area contributed by atoms with Crippen molar-refractivity contribution in [2.24, 2.45) is 0 Å². The molecule has 0 aromatic heterocycles. The minimum atomic E-state index is -4.43. The Bertz CT molecular complexity index is 408. The van der Waals surface area contributed by atoms with Gasteiger partial charge >= 0.3 is 7.82 Å². The molecule has 0 amide bonds. The minimum absolute atomic E-state index is 0.230. The van der Waals surface area contributed by atoms with Crippen LogP contribution in [-0.4, -0.2) is 9.79 Å². The quantitative estimate of drug-likeness (QED) is 0.658. The summed E-state index contributed by atoms with van der Waals surface area (Å²) in [6.45, 7) is 0. The zero-order valence-electron chi connectivity index (χ0n) is 6.54. The predicted octanol–water partition coefficient (Wildman–Crippen LogP) is 1.42. The van der Waals surface area contributed by atoms with E-state index in [4.69, 9.17) is 9.79 Å². The number of hydrogen-bond donors (Lipinski definition) is 2. The highest BCUT2D eigenvalue weighted by Gasteiger charge is 2.24. The Hall–Kier alpha value is -1.09. The predicted molar refractivity (Wildman–Crippen MR) is 46.5 cm³/mol. The Morgan fingerprint density at radius 3 is 2.69 bits per heavy atom. The van der Waals surface area contributed by atoms with Gasteiger partial charge in [-0.25, -0.2) is 4.57 Å². The van der Waals surface area contributed by atoms with Gasteiger partial charge in [-0.3, -0.25) is 9.79 Å². The molecule has 2 rings (SSSR count). The molecule has 0 atom stereocenters. The molecule has 4 nitrogen and oxygen atoms in total. The second-order valence-corrected chi connectivity index (χ2v) is 3.84. The van der Waals surface area contributed by atoms with Crippen molar-refractivity contribution < 1.29 is 18.9 Å². The molecule has 0 saturated carbocycles. The van der Waals surface area contributed by atoms with Gasteiger partial charge < -0.3 is 4.52 Å². The van der Waals surface area contributed by atoms with Crippen LogP contribution in [0.4, 0.5) is 0 Å². The van der Waals surface area contributed by atoms with Gasteiger partial charge in [-0.15, -0.1) is 0 Å². The minimum Gasteiger partial charge on any atom is -0.404 e. The third kappa shape index (κ3) is 1.65. The summed E-state index contributed by atoms with van der Waals surface area (Å²) in [5.74, 6) is 0.230. The van der Waals surface area contributed by atoms with Gasteiger partial charge in [0.15, 0.2) is 0 Å². The van der Waals surface area contributed by atoms with Crippen LogP contribution in [0.1, 0.15) is 0 Å². The number of hydrogen-bond acceptors (Lipinski definition) is 2.